The number of aliphatic hydroxyl groups excluding tert-OH is 1. The largest absolute Gasteiger partial charge is 0.417 e. The maximum atomic E-state index is 12.7. The van der Waals surface area contributed by atoms with Crippen LogP contribution >= 0.6 is 11.6 Å². The van der Waals surface area contributed by atoms with Crippen LogP contribution in [0.3, 0.4) is 0 Å². The molecule has 1 saturated heterocycles. The number of halogens is 4. The molecule has 1 aromatic carbocycles. The molecule has 1 aliphatic rings. The van der Waals surface area contributed by atoms with E-state index in [-0.39, 0.29) is 17.5 Å². The van der Waals surface area contributed by atoms with Crippen LogP contribution in [0.15, 0.2) is 18.2 Å². The van der Waals surface area contributed by atoms with Crippen LogP contribution in [0.1, 0.15) is 12.0 Å². The van der Waals surface area contributed by atoms with Gasteiger partial charge >= 0.3 is 6.18 Å². The van der Waals surface area contributed by atoms with Gasteiger partial charge in [0.1, 0.15) is 0 Å². The van der Waals surface area contributed by atoms with Gasteiger partial charge in [-0.3, -0.25) is 0 Å². The van der Waals surface area contributed by atoms with Gasteiger partial charge in [-0.15, -0.1) is 0 Å². The summed E-state index contributed by atoms with van der Waals surface area (Å²) in [6, 6.07) is 3.92. The summed E-state index contributed by atoms with van der Waals surface area (Å²) in [5, 5.41) is 8.74. The number of nitrogens with zero attached hydrogens (tertiary/aromatic N) is 1. The van der Waals surface area contributed by atoms with E-state index in [0.717, 1.165) is 12.5 Å². The third-order valence-corrected chi connectivity index (χ3v) is 3.49. The Balaban J connectivity index is 2.25. The molecule has 0 bridgehead atoms. The first-order valence-electron chi connectivity index (χ1n) is 5.64. The van der Waals surface area contributed by atoms with Gasteiger partial charge in [0.2, 0.25) is 0 Å². The van der Waals surface area contributed by atoms with Crippen molar-refractivity contribution < 1.29 is 18.3 Å². The predicted octanol–water partition coefficient (Wildman–Crippen LogP) is 3.18. The fourth-order valence-electron chi connectivity index (χ4n) is 2.14. The highest BCUT2D eigenvalue weighted by Crippen LogP contribution is 2.37. The van der Waals surface area contributed by atoms with Gasteiger partial charge in [0.25, 0.3) is 0 Å². The lowest BCUT2D eigenvalue weighted by Crippen LogP contribution is -2.21. The maximum absolute atomic E-state index is 12.7. The topological polar surface area (TPSA) is 23.5 Å². The number of anilines is 1. The van der Waals surface area contributed by atoms with E-state index in [2.05, 4.69) is 0 Å². The van der Waals surface area contributed by atoms with Crippen molar-refractivity contribution in [2.45, 2.75) is 12.6 Å². The monoisotopic (exact) mass is 279 g/mol. The predicted molar refractivity (Wildman–Crippen MR) is 63.9 cm³/mol. The molecule has 0 amide bonds. The van der Waals surface area contributed by atoms with E-state index >= 15 is 0 Å². The van der Waals surface area contributed by atoms with Crippen molar-refractivity contribution in [1.82, 2.24) is 0 Å². The van der Waals surface area contributed by atoms with Crippen molar-refractivity contribution in [3.63, 3.8) is 0 Å². The van der Waals surface area contributed by atoms with Gasteiger partial charge in [-0.2, -0.15) is 13.2 Å². The number of benzene rings is 1. The zero-order valence-corrected chi connectivity index (χ0v) is 10.3. The Morgan fingerprint density at radius 3 is 2.67 bits per heavy atom. The lowest BCUT2D eigenvalue weighted by Gasteiger charge is -2.20. The first-order valence-corrected chi connectivity index (χ1v) is 6.02. The van der Waals surface area contributed by atoms with E-state index in [1.807, 2.05) is 4.90 Å². The van der Waals surface area contributed by atoms with E-state index in [0.29, 0.717) is 18.8 Å². The molecule has 0 aliphatic carbocycles. The fourth-order valence-corrected chi connectivity index (χ4v) is 2.37. The Kier molecular flexibility index (Phi) is 3.73. The molecule has 0 saturated carbocycles. The summed E-state index contributed by atoms with van der Waals surface area (Å²) in [4.78, 5) is 1.84. The molecule has 1 fully saturated rings. The molecule has 6 heteroatoms. The maximum Gasteiger partial charge on any atom is 0.417 e. The van der Waals surface area contributed by atoms with E-state index in [1.54, 1.807) is 6.07 Å². The summed E-state index contributed by atoms with van der Waals surface area (Å²) in [6.45, 7) is 1.30. The Labute approximate surface area is 108 Å². The minimum absolute atomic E-state index is 0.0657. The minimum Gasteiger partial charge on any atom is -0.396 e. The second-order valence-electron chi connectivity index (χ2n) is 4.45. The van der Waals surface area contributed by atoms with Gasteiger partial charge in [0.15, 0.2) is 0 Å². The molecule has 1 aromatic rings. The van der Waals surface area contributed by atoms with Crippen LogP contribution in [0, 0.1) is 5.92 Å². The summed E-state index contributed by atoms with van der Waals surface area (Å²) in [5.41, 5.74) is -0.309. The molecular weight excluding hydrogens is 267 g/mol. The molecule has 1 atom stereocenters. The highest BCUT2D eigenvalue weighted by atomic mass is 35.5. The average molecular weight is 280 g/mol. The van der Waals surface area contributed by atoms with Crippen LogP contribution in [0.4, 0.5) is 18.9 Å². The van der Waals surface area contributed by atoms with E-state index < -0.39 is 11.7 Å². The Morgan fingerprint density at radius 1 is 1.39 bits per heavy atom. The molecule has 1 unspecified atom stereocenters. The van der Waals surface area contributed by atoms with Gasteiger partial charge in [0.05, 0.1) is 10.6 Å². The minimum atomic E-state index is -4.44. The summed E-state index contributed by atoms with van der Waals surface area (Å²) in [7, 11) is 0. The van der Waals surface area contributed by atoms with Crippen LogP contribution in [0.25, 0.3) is 0 Å². The smallest absolute Gasteiger partial charge is 0.396 e. The number of aliphatic hydroxyl groups is 1. The lowest BCUT2D eigenvalue weighted by atomic mass is 10.1. The quantitative estimate of drug-likeness (QED) is 0.899. The second kappa shape index (κ2) is 4.97. The van der Waals surface area contributed by atoms with Crippen molar-refractivity contribution in [3.8, 4) is 0 Å². The fraction of sp³-hybridized carbons (Fsp3) is 0.500. The number of alkyl halides is 3. The molecule has 1 heterocycles. The van der Waals surface area contributed by atoms with Crippen molar-refractivity contribution in [1.29, 1.82) is 0 Å². The summed E-state index contributed by atoms with van der Waals surface area (Å²) >= 11 is 5.56. The molecular formula is C12H13ClF3NO. The highest BCUT2D eigenvalue weighted by molar-refractivity contribution is 6.31. The number of hydrogen-bond acceptors (Lipinski definition) is 2. The third-order valence-electron chi connectivity index (χ3n) is 3.16. The highest BCUT2D eigenvalue weighted by Gasteiger charge is 2.34. The Bertz CT molecular complexity index is 436. The normalized spacial score (nSPS) is 20.5. The van der Waals surface area contributed by atoms with Gasteiger partial charge in [-0.1, -0.05) is 11.6 Å². The molecule has 1 N–H and O–H groups in total. The molecule has 18 heavy (non-hydrogen) atoms. The van der Waals surface area contributed by atoms with Crippen LogP contribution < -0.4 is 4.90 Å². The van der Waals surface area contributed by atoms with Crippen LogP contribution in [0.5, 0.6) is 0 Å². The van der Waals surface area contributed by atoms with Gasteiger partial charge in [-0.25, -0.2) is 0 Å². The van der Waals surface area contributed by atoms with Gasteiger partial charge in [-0.05, 0) is 24.6 Å². The standard InChI is InChI=1S/C12H13ClF3NO/c13-11-2-1-9(5-10(11)12(14,15)16)17-4-3-8(6-17)7-18/h1-2,5,8,18H,3-4,6-7H2. The molecule has 100 valence electrons. The summed E-state index contributed by atoms with van der Waals surface area (Å²) in [5.74, 6) is 0.134. The molecule has 0 radical (unpaired) electrons. The van der Waals surface area contributed by atoms with Crippen LogP contribution in [0.2, 0.25) is 5.02 Å². The zero-order chi connectivity index (χ0) is 13.3. The summed E-state index contributed by atoms with van der Waals surface area (Å²) < 4.78 is 38.1. The first-order chi connectivity index (χ1) is 8.41. The lowest BCUT2D eigenvalue weighted by molar-refractivity contribution is -0.137. The van der Waals surface area contributed by atoms with Crippen molar-refractivity contribution in [2.24, 2.45) is 5.92 Å². The van der Waals surface area contributed by atoms with E-state index in [1.165, 1.54) is 6.07 Å². The second-order valence-corrected chi connectivity index (χ2v) is 4.85. The van der Waals surface area contributed by atoms with Crippen LogP contribution in [-0.2, 0) is 6.18 Å². The zero-order valence-electron chi connectivity index (χ0n) is 9.54. The Hall–Kier alpha value is -0.940. The average Bonchev–Trinajstić information content (AvgIpc) is 2.76. The van der Waals surface area contributed by atoms with Crippen molar-refractivity contribution in [3.05, 3.63) is 28.8 Å². The van der Waals surface area contributed by atoms with Gasteiger partial charge < -0.3 is 10.0 Å². The van der Waals surface area contributed by atoms with E-state index in [4.69, 9.17) is 16.7 Å². The third kappa shape index (κ3) is 2.72. The first kappa shape index (κ1) is 13.5. The van der Waals surface area contributed by atoms with E-state index in [9.17, 15) is 13.2 Å². The number of hydrogen-bond donors (Lipinski definition) is 1. The number of rotatable bonds is 2. The van der Waals surface area contributed by atoms with Gasteiger partial charge in [0, 0.05) is 31.3 Å². The Morgan fingerprint density at radius 2 is 2.11 bits per heavy atom. The van der Waals surface area contributed by atoms with Crippen LogP contribution in [-0.4, -0.2) is 24.8 Å². The molecule has 2 rings (SSSR count). The van der Waals surface area contributed by atoms with Crippen molar-refractivity contribution >= 4 is 17.3 Å². The summed E-state index contributed by atoms with van der Waals surface area (Å²) in [6.07, 6.45) is -3.65. The molecule has 0 spiro atoms. The molecule has 0 aromatic heterocycles. The molecule has 1 aliphatic heterocycles. The van der Waals surface area contributed by atoms with Crippen molar-refractivity contribution in [2.75, 3.05) is 24.6 Å². The SMILES string of the molecule is OCC1CCN(c2ccc(Cl)c(C(F)(F)F)c2)C1. The molecule has 2 nitrogen and oxygen atoms in total.